The molecule has 0 aliphatic heterocycles. The summed E-state index contributed by atoms with van der Waals surface area (Å²) in [6.45, 7) is 0. The lowest BCUT2D eigenvalue weighted by Crippen LogP contribution is -1.97. The summed E-state index contributed by atoms with van der Waals surface area (Å²) in [7, 11) is 1.30. The van der Waals surface area contributed by atoms with Crippen molar-refractivity contribution in [3.63, 3.8) is 0 Å². The summed E-state index contributed by atoms with van der Waals surface area (Å²) in [5, 5.41) is 18.1. The van der Waals surface area contributed by atoms with Crippen LogP contribution in [0.25, 0.3) is 6.08 Å². The molecule has 90 valence electrons. The molecule has 5 nitrogen and oxygen atoms in total. The molecule has 0 heterocycles. The van der Waals surface area contributed by atoms with E-state index in [9.17, 15) is 14.7 Å². The van der Waals surface area contributed by atoms with Crippen LogP contribution in [-0.4, -0.2) is 29.3 Å². The first-order valence-electron chi connectivity index (χ1n) is 4.84. The van der Waals surface area contributed by atoms with Gasteiger partial charge in [-0.2, -0.15) is 0 Å². The van der Waals surface area contributed by atoms with Gasteiger partial charge in [0.2, 0.25) is 0 Å². The van der Waals surface area contributed by atoms with Crippen LogP contribution in [0.2, 0.25) is 0 Å². The highest BCUT2D eigenvalue weighted by Gasteiger charge is 2.08. The zero-order valence-electron chi connectivity index (χ0n) is 9.21. The van der Waals surface area contributed by atoms with E-state index in [4.69, 9.17) is 5.11 Å². The van der Waals surface area contributed by atoms with Gasteiger partial charge in [0.05, 0.1) is 13.5 Å². The number of carbonyl (C=O) groups is 2. The number of aromatic carboxylic acids is 1. The predicted octanol–water partition coefficient (Wildman–Crippen LogP) is 1.67. The molecule has 5 heteroatoms. The number of carbonyl (C=O) groups excluding carboxylic acids is 1. The number of benzene rings is 1. The number of hydrogen-bond donors (Lipinski definition) is 2. The maximum atomic E-state index is 10.8. The maximum Gasteiger partial charge on any atom is 0.339 e. The fraction of sp³-hybridized carbons (Fsp3) is 0.167. The molecule has 1 aromatic rings. The maximum absolute atomic E-state index is 10.8. The molecule has 0 spiro atoms. The van der Waals surface area contributed by atoms with Crippen LogP contribution in [-0.2, 0) is 9.53 Å². The van der Waals surface area contributed by atoms with Crippen molar-refractivity contribution in [1.82, 2.24) is 0 Å². The number of carboxylic acids is 1. The van der Waals surface area contributed by atoms with E-state index in [-0.39, 0.29) is 23.7 Å². The van der Waals surface area contributed by atoms with Gasteiger partial charge in [-0.05, 0) is 17.7 Å². The summed E-state index contributed by atoms with van der Waals surface area (Å²) < 4.78 is 4.45. The molecule has 1 aromatic carbocycles. The second kappa shape index (κ2) is 5.69. The summed E-state index contributed by atoms with van der Waals surface area (Å²) in [5.74, 6) is -1.86. The van der Waals surface area contributed by atoms with Gasteiger partial charge in [0.1, 0.15) is 11.3 Å². The number of phenols is 1. The lowest BCUT2D eigenvalue weighted by Gasteiger charge is -2.00. The number of aromatic hydroxyl groups is 1. The minimum atomic E-state index is -1.19. The van der Waals surface area contributed by atoms with Crippen molar-refractivity contribution < 1.29 is 24.5 Å². The first-order chi connectivity index (χ1) is 8.04. The number of esters is 1. The normalized spacial score (nSPS) is 10.4. The zero-order chi connectivity index (χ0) is 12.8. The summed E-state index contributed by atoms with van der Waals surface area (Å²) in [6, 6.07) is 4.16. The number of hydrogen-bond acceptors (Lipinski definition) is 4. The van der Waals surface area contributed by atoms with Gasteiger partial charge in [-0.3, -0.25) is 4.79 Å². The molecular weight excluding hydrogens is 224 g/mol. The van der Waals surface area contributed by atoms with Gasteiger partial charge < -0.3 is 14.9 Å². The van der Waals surface area contributed by atoms with Crippen LogP contribution in [0.4, 0.5) is 0 Å². The van der Waals surface area contributed by atoms with Crippen molar-refractivity contribution in [3.05, 3.63) is 35.4 Å². The van der Waals surface area contributed by atoms with E-state index in [1.807, 2.05) is 0 Å². The monoisotopic (exact) mass is 236 g/mol. The fourth-order valence-corrected chi connectivity index (χ4v) is 1.21. The highest BCUT2D eigenvalue weighted by molar-refractivity contribution is 5.91. The molecule has 0 atom stereocenters. The smallest absolute Gasteiger partial charge is 0.339 e. The van der Waals surface area contributed by atoms with Crippen LogP contribution < -0.4 is 0 Å². The van der Waals surface area contributed by atoms with Crippen LogP contribution in [0, 0.1) is 0 Å². The van der Waals surface area contributed by atoms with Crippen LogP contribution >= 0.6 is 0 Å². The molecule has 0 fully saturated rings. The zero-order valence-corrected chi connectivity index (χ0v) is 9.21. The predicted molar refractivity (Wildman–Crippen MR) is 60.7 cm³/mol. The number of carboxylic acid groups (broad SMARTS) is 1. The van der Waals surface area contributed by atoms with Crippen LogP contribution in [0.3, 0.4) is 0 Å². The van der Waals surface area contributed by atoms with Gasteiger partial charge in [0, 0.05) is 0 Å². The van der Waals surface area contributed by atoms with E-state index in [0.29, 0.717) is 5.56 Å². The Morgan fingerprint density at radius 2 is 2.12 bits per heavy atom. The van der Waals surface area contributed by atoms with Gasteiger partial charge in [-0.1, -0.05) is 18.2 Å². The Labute approximate surface area is 98.0 Å². The third kappa shape index (κ3) is 3.64. The Bertz CT molecular complexity index is 462. The third-order valence-electron chi connectivity index (χ3n) is 2.07. The molecule has 0 aliphatic carbocycles. The third-order valence-corrected chi connectivity index (χ3v) is 2.07. The van der Waals surface area contributed by atoms with E-state index >= 15 is 0 Å². The standard InChI is InChI=1S/C12H12O5/c1-17-11(14)4-2-3-8-5-6-9(12(15)16)10(13)7-8/h2-3,5-7,13H,4H2,1H3,(H,15,16). The SMILES string of the molecule is COC(=O)CC=Cc1ccc(C(=O)O)c(O)c1. The highest BCUT2D eigenvalue weighted by Crippen LogP contribution is 2.19. The minimum absolute atomic E-state index is 0.123. The molecule has 2 N–H and O–H groups in total. The lowest BCUT2D eigenvalue weighted by atomic mass is 10.1. The first-order valence-corrected chi connectivity index (χ1v) is 4.84. The van der Waals surface area contributed by atoms with E-state index in [1.54, 1.807) is 12.2 Å². The van der Waals surface area contributed by atoms with Gasteiger partial charge in [0.25, 0.3) is 0 Å². The van der Waals surface area contributed by atoms with Crippen LogP contribution in [0.1, 0.15) is 22.3 Å². The Balaban J connectivity index is 2.77. The Morgan fingerprint density at radius 3 is 2.65 bits per heavy atom. The molecular formula is C12H12O5. The van der Waals surface area contributed by atoms with Crippen molar-refractivity contribution in [2.75, 3.05) is 7.11 Å². The molecule has 0 aromatic heterocycles. The summed E-state index contributed by atoms with van der Waals surface area (Å²) >= 11 is 0. The Kier molecular flexibility index (Phi) is 4.28. The van der Waals surface area contributed by atoms with E-state index in [0.717, 1.165) is 0 Å². The second-order valence-electron chi connectivity index (χ2n) is 3.26. The molecule has 0 radical (unpaired) electrons. The van der Waals surface area contributed by atoms with Gasteiger partial charge in [-0.15, -0.1) is 0 Å². The molecule has 17 heavy (non-hydrogen) atoms. The fourth-order valence-electron chi connectivity index (χ4n) is 1.21. The van der Waals surface area contributed by atoms with E-state index in [2.05, 4.69) is 4.74 Å². The van der Waals surface area contributed by atoms with Crippen LogP contribution in [0.5, 0.6) is 5.75 Å². The topological polar surface area (TPSA) is 83.8 Å². The number of ether oxygens (including phenoxy) is 1. The Hall–Kier alpha value is -2.30. The minimum Gasteiger partial charge on any atom is -0.507 e. The van der Waals surface area contributed by atoms with Gasteiger partial charge in [-0.25, -0.2) is 4.79 Å². The quantitative estimate of drug-likeness (QED) is 0.777. The molecule has 0 saturated heterocycles. The van der Waals surface area contributed by atoms with Crippen molar-refractivity contribution in [2.24, 2.45) is 0 Å². The van der Waals surface area contributed by atoms with Crippen molar-refractivity contribution >= 4 is 18.0 Å². The van der Waals surface area contributed by atoms with E-state index in [1.165, 1.54) is 25.3 Å². The van der Waals surface area contributed by atoms with E-state index < -0.39 is 5.97 Å². The molecule has 1 rings (SSSR count). The van der Waals surface area contributed by atoms with Gasteiger partial charge >= 0.3 is 11.9 Å². The van der Waals surface area contributed by atoms with Gasteiger partial charge in [0.15, 0.2) is 0 Å². The largest absolute Gasteiger partial charge is 0.507 e. The van der Waals surface area contributed by atoms with Crippen molar-refractivity contribution in [1.29, 1.82) is 0 Å². The molecule has 0 aliphatic rings. The molecule has 0 saturated carbocycles. The van der Waals surface area contributed by atoms with Crippen molar-refractivity contribution in [2.45, 2.75) is 6.42 Å². The average Bonchev–Trinajstić information content (AvgIpc) is 2.28. The first kappa shape index (κ1) is 12.8. The molecule has 0 unspecified atom stereocenters. The molecule has 0 bridgehead atoms. The summed E-state index contributed by atoms with van der Waals surface area (Å²) in [6.07, 6.45) is 3.29. The molecule has 0 amide bonds. The number of methoxy groups -OCH3 is 1. The lowest BCUT2D eigenvalue weighted by molar-refractivity contribution is -0.139. The summed E-state index contributed by atoms with van der Waals surface area (Å²) in [4.78, 5) is 21.4. The summed E-state index contributed by atoms with van der Waals surface area (Å²) in [5.41, 5.74) is 0.450. The Morgan fingerprint density at radius 1 is 1.41 bits per heavy atom. The second-order valence-corrected chi connectivity index (χ2v) is 3.26. The average molecular weight is 236 g/mol. The van der Waals surface area contributed by atoms with Crippen LogP contribution in [0.15, 0.2) is 24.3 Å². The van der Waals surface area contributed by atoms with Crippen molar-refractivity contribution in [3.8, 4) is 5.75 Å². The number of rotatable bonds is 4. The highest BCUT2D eigenvalue weighted by atomic mass is 16.5.